The van der Waals surface area contributed by atoms with Gasteiger partial charge in [-0.15, -0.1) is 0 Å². The Morgan fingerprint density at radius 3 is 1.91 bits per heavy atom. The average Bonchev–Trinajstić information content (AvgIpc) is 1.88. The normalized spacial score (nSPS) is 8.27. The Morgan fingerprint density at radius 1 is 1.36 bits per heavy atom. The molecule has 0 spiro atoms. The molecule has 0 aliphatic heterocycles. The summed E-state index contributed by atoms with van der Waals surface area (Å²) < 4.78 is 0. The molecule has 0 aromatic carbocycles. The molecule has 3 heteroatoms. The summed E-state index contributed by atoms with van der Waals surface area (Å²) in [5, 5.41) is 8.56. The number of hydrogen-bond donors (Lipinski definition) is 0. The van der Waals surface area contributed by atoms with Gasteiger partial charge in [0, 0.05) is 14.1 Å². The Balaban J connectivity index is 4.73. The lowest BCUT2D eigenvalue weighted by molar-refractivity contribution is -0.124. The zero-order chi connectivity index (χ0) is 9.02. The van der Waals surface area contributed by atoms with Gasteiger partial charge in [0.15, 0.2) is 0 Å². The van der Waals surface area contributed by atoms with E-state index in [2.05, 4.69) is 0 Å². The molecular formula is C8H12N2O. The number of nitriles is 1. The maximum Gasteiger partial charge on any atom is 0.263 e. The molecule has 0 aliphatic carbocycles. The fourth-order valence-corrected chi connectivity index (χ4v) is 0.597. The zero-order valence-electron chi connectivity index (χ0n) is 7.30. The first-order chi connectivity index (χ1) is 5.00. The fourth-order valence-electron chi connectivity index (χ4n) is 0.597. The van der Waals surface area contributed by atoms with E-state index in [-0.39, 0.29) is 11.5 Å². The molecular weight excluding hydrogens is 140 g/mol. The van der Waals surface area contributed by atoms with Crippen LogP contribution in [0.2, 0.25) is 0 Å². The highest BCUT2D eigenvalue weighted by atomic mass is 16.2. The van der Waals surface area contributed by atoms with Crippen LogP contribution in [-0.2, 0) is 4.79 Å². The topological polar surface area (TPSA) is 44.1 Å². The predicted molar refractivity (Wildman–Crippen MR) is 42.7 cm³/mol. The van der Waals surface area contributed by atoms with Gasteiger partial charge in [-0.3, -0.25) is 4.79 Å². The van der Waals surface area contributed by atoms with Crippen LogP contribution in [-0.4, -0.2) is 24.9 Å². The number of amides is 1. The second-order valence-electron chi connectivity index (χ2n) is 2.69. The molecule has 0 rings (SSSR count). The molecule has 0 unspecified atom stereocenters. The summed E-state index contributed by atoms with van der Waals surface area (Å²) in [5.74, 6) is -0.229. The minimum Gasteiger partial charge on any atom is -0.344 e. The average molecular weight is 152 g/mol. The summed E-state index contributed by atoms with van der Waals surface area (Å²) in [7, 11) is 3.26. The molecule has 0 saturated heterocycles. The van der Waals surface area contributed by atoms with Crippen molar-refractivity contribution in [3.05, 3.63) is 11.1 Å². The van der Waals surface area contributed by atoms with E-state index in [4.69, 9.17) is 5.26 Å². The van der Waals surface area contributed by atoms with Crippen LogP contribution >= 0.6 is 0 Å². The predicted octanol–water partition coefficient (Wildman–Crippen LogP) is 0.935. The van der Waals surface area contributed by atoms with E-state index in [1.165, 1.54) is 4.90 Å². The summed E-state index contributed by atoms with van der Waals surface area (Å²) >= 11 is 0. The van der Waals surface area contributed by atoms with Crippen molar-refractivity contribution in [3.63, 3.8) is 0 Å². The van der Waals surface area contributed by atoms with E-state index >= 15 is 0 Å². The molecule has 0 N–H and O–H groups in total. The van der Waals surface area contributed by atoms with Gasteiger partial charge in [0.1, 0.15) is 11.6 Å². The number of carbonyl (C=O) groups is 1. The van der Waals surface area contributed by atoms with Crippen LogP contribution in [0.15, 0.2) is 11.1 Å². The van der Waals surface area contributed by atoms with Crippen LogP contribution in [0.1, 0.15) is 13.8 Å². The van der Waals surface area contributed by atoms with Gasteiger partial charge in [0.05, 0.1) is 0 Å². The first kappa shape index (κ1) is 9.70. The van der Waals surface area contributed by atoms with Gasteiger partial charge in [0.25, 0.3) is 5.91 Å². The Hall–Kier alpha value is -1.30. The largest absolute Gasteiger partial charge is 0.344 e. The van der Waals surface area contributed by atoms with Crippen molar-refractivity contribution >= 4 is 5.91 Å². The molecule has 0 saturated carbocycles. The van der Waals surface area contributed by atoms with Crippen LogP contribution in [0.5, 0.6) is 0 Å². The summed E-state index contributed by atoms with van der Waals surface area (Å²) in [6.07, 6.45) is 0. The first-order valence-electron chi connectivity index (χ1n) is 3.30. The van der Waals surface area contributed by atoms with E-state index in [0.717, 1.165) is 5.57 Å². The number of likely N-dealkylation sites (N-methyl/N-ethyl adjacent to an activating group) is 1. The number of rotatable bonds is 1. The third-order valence-corrected chi connectivity index (χ3v) is 1.23. The number of nitrogens with zero attached hydrogens (tertiary/aromatic N) is 2. The minimum absolute atomic E-state index is 0.229. The first-order valence-corrected chi connectivity index (χ1v) is 3.30. The van der Waals surface area contributed by atoms with Gasteiger partial charge in [-0.1, -0.05) is 5.57 Å². The molecule has 1 amide bonds. The van der Waals surface area contributed by atoms with Crippen molar-refractivity contribution in [2.24, 2.45) is 0 Å². The minimum atomic E-state index is -0.229. The Bertz CT molecular complexity index is 229. The smallest absolute Gasteiger partial charge is 0.263 e. The molecule has 0 atom stereocenters. The van der Waals surface area contributed by atoms with Crippen LogP contribution in [0.25, 0.3) is 0 Å². The monoisotopic (exact) mass is 152 g/mol. The highest BCUT2D eigenvalue weighted by Crippen LogP contribution is 2.03. The van der Waals surface area contributed by atoms with Crippen molar-refractivity contribution in [2.75, 3.05) is 14.1 Å². The van der Waals surface area contributed by atoms with Gasteiger partial charge in [0.2, 0.25) is 0 Å². The quantitative estimate of drug-likeness (QED) is 0.414. The zero-order valence-corrected chi connectivity index (χ0v) is 7.30. The van der Waals surface area contributed by atoms with E-state index in [1.54, 1.807) is 27.9 Å². The summed E-state index contributed by atoms with van der Waals surface area (Å²) in [5.41, 5.74) is 0.987. The molecule has 60 valence electrons. The van der Waals surface area contributed by atoms with Crippen molar-refractivity contribution < 1.29 is 4.79 Å². The molecule has 0 bridgehead atoms. The summed E-state index contributed by atoms with van der Waals surface area (Å²) in [6, 6.07) is 1.87. The van der Waals surface area contributed by atoms with Crippen LogP contribution < -0.4 is 0 Å². The maximum absolute atomic E-state index is 11.2. The van der Waals surface area contributed by atoms with Crippen LogP contribution in [0, 0.1) is 11.3 Å². The van der Waals surface area contributed by atoms with E-state index in [0.29, 0.717) is 0 Å². The molecule has 0 aromatic rings. The van der Waals surface area contributed by atoms with Crippen molar-refractivity contribution in [1.82, 2.24) is 4.90 Å². The van der Waals surface area contributed by atoms with Crippen LogP contribution in [0.4, 0.5) is 0 Å². The number of carbonyl (C=O) groups excluding carboxylic acids is 1. The Morgan fingerprint density at radius 2 is 1.82 bits per heavy atom. The number of allylic oxidation sites excluding steroid dienone is 1. The Labute approximate surface area is 66.9 Å². The van der Waals surface area contributed by atoms with Crippen molar-refractivity contribution in [2.45, 2.75) is 13.8 Å². The highest BCUT2D eigenvalue weighted by Gasteiger charge is 2.11. The van der Waals surface area contributed by atoms with Gasteiger partial charge in [-0.2, -0.15) is 5.26 Å². The summed E-state index contributed by atoms with van der Waals surface area (Å²) in [6.45, 7) is 3.50. The molecule has 3 nitrogen and oxygen atoms in total. The van der Waals surface area contributed by atoms with Gasteiger partial charge >= 0.3 is 0 Å². The molecule has 0 aliphatic rings. The van der Waals surface area contributed by atoms with Gasteiger partial charge in [-0.05, 0) is 13.8 Å². The van der Waals surface area contributed by atoms with Crippen molar-refractivity contribution in [3.8, 4) is 6.07 Å². The third kappa shape index (κ3) is 2.42. The Kier molecular flexibility index (Phi) is 3.32. The molecule has 0 radical (unpaired) electrons. The molecule has 0 aromatic heterocycles. The van der Waals surface area contributed by atoms with E-state index in [1.807, 2.05) is 6.07 Å². The van der Waals surface area contributed by atoms with Crippen LogP contribution in [0.3, 0.4) is 0 Å². The fraction of sp³-hybridized carbons (Fsp3) is 0.500. The maximum atomic E-state index is 11.2. The number of hydrogen-bond acceptors (Lipinski definition) is 2. The summed E-state index contributed by atoms with van der Waals surface area (Å²) in [4.78, 5) is 12.6. The van der Waals surface area contributed by atoms with E-state index in [9.17, 15) is 4.79 Å². The lowest BCUT2D eigenvalue weighted by Gasteiger charge is -2.09. The van der Waals surface area contributed by atoms with Gasteiger partial charge in [-0.25, -0.2) is 0 Å². The second kappa shape index (κ2) is 3.77. The lowest BCUT2D eigenvalue weighted by atomic mass is 10.1. The standard InChI is InChI=1S/C8H12N2O/c1-6(2)7(5-9)8(11)10(3)4/h1-4H3. The van der Waals surface area contributed by atoms with Crippen molar-refractivity contribution in [1.29, 1.82) is 5.26 Å². The molecule has 0 heterocycles. The van der Waals surface area contributed by atoms with E-state index < -0.39 is 0 Å². The third-order valence-electron chi connectivity index (χ3n) is 1.23. The highest BCUT2D eigenvalue weighted by molar-refractivity contribution is 5.97. The SMILES string of the molecule is CC(C)=C(C#N)C(=O)N(C)C. The lowest BCUT2D eigenvalue weighted by Crippen LogP contribution is -2.23. The second-order valence-corrected chi connectivity index (χ2v) is 2.69. The van der Waals surface area contributed by atoms with Gasteiger partial charge < -0.3 is 4.90 Å². The molecule has 11 heavy (non-hydrogen) atoms. The molecule has 0 fully saturated rings.